The predicted octanol–water partition coefficient (Wildman–Crippen LogP) is 4.05. The van der Waals surface area contributed by atoms with Gasteiger partial charge in [-0.05, 0) is 85.2 Å². The first-order valence-corrected chi connectivity index (χ1v) is 10.9. The Morgan fingerprint density at radius 3 is 2.75 bits per heavy atom. The zero-order valence-electron chi connectivity index (χ0n) is 15.9. The topological polar surface area (TPSA) is 49.4 Å². The molecule has 28 heavy (non-hydrogen) atoms. The lowest BCUT2D eigenvalue weighted by Gasteiger charge is -2.33. The lowest BCUT2D eigenvalue weighted by atomic mass is 9.93. The average molecular weight is 401 g/mol. The van der Waals surface area contributed by atoms with Gasteiger partial charge in [0.15, 0.2) is 0 Å². The molecule has 0 unspecified atom stereocenters. The molecule has 6 heteroatoms. The summed E-state index contributed by atoms with van der Waals surface area (Å²) in [6.07, 6.45) is 6.45. The Bertz CT molecular complexity index is 862. The average Bonchev–Trinajstić information content (AvgIpc) is 3.16. The molecule has 4 nitrogen and oxygen atoms in total. The van der Waals surface area contributed by atoms with Gasteiger partial charge in [0.25, 0.3) is 11.8 Å². The number of hydrogen-bond donors (Lipinski definition) is 1. The summed E-state index contributed by atoms with van der Waals surface area (Å²) < 4.78 is 13.0. The molecule has 2 aromatic rings. The van der Waals surface area contributed by atoms with Crippen molar-refractivity contribution in [3.05, 3.63) is 57.0 Å². The first kappa shape index (κ1) is 19.1. The number of likely N-dealkylation sites (tertiary alicyclic amines) is 1. The summed E-state index contributed by atoms with van der Waals surface area (Å²) in [6, 6.07) is 5.55. The Hall–Kier alpha value is -2.21. The van der Waals surface area contributed by atoms with E-state index in [4.69, 9.17) is 0 Å². The first-order valence-electron chi connectivity index (χ1n) is 10.0. The number of fused-ring (bicyclic) bond motifs is 1. The quantitative estimate of drug-likeness (QED) is 0.842. The summed E-state index contributed by atoms with van der Waals surface area (Å²) in [6.45, 7) is 1.99. The van der Waals surface area contributed by atoms with Crippen LogP contribution in [0, 0.1) is 11.7 Å². The molecule has 1 aromatic carbocycles. The number of nitrogens with one attached hydrogen (secondary N) is 1. The third kappa shape index (κ3) is 4.12. The third-order valence-electron chi connectivity index (χ3n) is 5.76. The van der Waals surface area contributed by atoms with Crippen molar-refractivity contribution in [2.24, 2.45) is 5.92 Å². The van der Waals surface area contributed by atoms with Crippen LogP contribution >= 0.6 is 11.3 Å². The van der Waals surface area contributed by atoms with Gasteiger partial charge in [0, 0.05) is 25.2 Å². The summed E-state index contributed by atoms with van der Waals surface area (Å²) in [5.74, 6) is -0.148. The molecule has 0 spiro atoms. The van der Waals surface area contributed by atoms with Crippen LogP contribution in [0.3, 0.4) is 0 Å². The fourth-order valence-electron chi connectivity index (χ4n) is 4.20. The van der Waals surface area contributed by atoms with E-state index in [9.17, 15) is 14.0 Å². The number of carbonyl (C=O) groups is 2. The summed E-state index contributed by atoms with van der Waals surface area (Å²) in [7, 11) is 0. The Labute approximate surface area is 168 Å². The monoisotopic (exact) mass is 400 g/mol. The van der Waals surface area contributed by atoms with Crippen LogP contribution < -0.4 is 5.32 Å². The third-order valence-corrected chi connectivity index (χ3v) is 6.82. The van der Waals surface area contributed by atoms with Gasteiger partial charge >= 0.3 is 0 Å². The molecule has 0 bridgehead atoms. The highest BCUT2D eigenvalue weighted by Gasteiger charge is 2.28. The van der Waals surface area contributed by atoms with E-state index in [0.717, 1.165) is 37.1 Å². The molecule has 2 amide bonds. The van der Waals surface area contributed by atoms with Crippen molar-refractivity contribution in [2.75, 3.05) is 19.6 Å². The van der Waals surface area contributed by atoms with E-state index in [0.29, 0.717) is 18.7 Å². The van der Waals surface area contributed by atoms with Crippen molar-refractivity contribution in [3.63, 3.8) is 0 Å². The minimum Gasteiger partial charge on any atom is -0.352 e. The van der Waals surface area contributed by atoms with E-state index in [2.05, 4.69) is 10.7 Å². The molecule has 1 saturated heterocycles. The van der Waals surface area contributed by atoms with E-state index in [1.54, 1.807) is 11.3 Å². The Kier molecular flexibility index (Phi) is 5.76. The largest absolute Gasteiger partial charge is 0.352 e. The van der Waals surface area contributed by atoms with Crippen molar-refractivity contribution in [2.45, 2.75) is 38.5 Å². The van der Waals surface area contributed by atoms with Crippen molar-refractivity contribution in [3.8, 4) is 0 Å². The normalized spacial score (nSPS) is 19.2. The highest BCUT2D eigenvalue weighted by Crippen LogP contribution is 2.31. The van der Waals surface area contributed by atoms with Gasteiger partial charge in [-0.15, -0.1) is 11.3 Å². The second kappa shape index (κ2) is 8.43. The second-order valence-corrected chi connectivity index (χ2v) is 8.63. The molecule has 2 heterocycles. The molecule has 1 aliphatic carbocycles. The number of thiophene rings is 1. The highest BCUT2D eigenvalue weighted by atomic mass is 32.1. The number of benzene rings is 1. The number of piperidine rings is 1. The van der Waals surface area contributed by atoms with Crippen LogP contribution in [0.5, 0.6) is 0 Å². The molecule has 1 aliphatic heterocycles. The minimum absolute atomic E-state index is 0.155. The Morgan fingerprint density at radius 1 is 1.14 bits per heavy atom. The second-order valence-electron chi connectivity index (χ2n) is 7.75. The number of amides is 2. The lowest BCUT2D eigenvalue weighted by Crippen LogP contribution is -2.43. The van der Waals surface area contributed by atoms with Crippen molar-refractivity contribution in [1.82, 2.24) is 10.2 Å². The van der Waals surface area contributed by atoms with Crippen LogP contribution in [0.25, 0.3) is 0 Å². The Balaban J connectivity index is 1.35. The van der Waals surface area contributed by atoms with Crippen LogP contribution in [0.1, 0.15) is 56.8 Å². The zero-order valence-corrected chi connectivity index (χ0v) is 16.7. The minimum atomic E-state index is -0.353. The maximum Gasteiger partial charge on any atom is 0.264 e. The van der Waals surface area contributed by atoms with Crippen LogP contribution in [0.15, 0.2) is 29.6 Å². The van der Waals surface area contributed by atoms with Crippen molar-refractivity contribution < 1.29 is 14.0 Å². The van der Waals surface area contributed by atoms with Gasteiger partial charge in [-0.2, -0.15) is 0 Å². The van der Waals surface area contributed by atoms with E-state index in [1.807, 2.05) is 4.90 Å². The van der Waals surface area contributed by atoms with Gasteiger partial charge < -0.3 is 10.2 Å². The van der Waals surface area contributed by atoms with Gasteiger partial charge in [0.1, 0.15) is 5.82 Å². The standard InChI is InChI=1S/C22H25FN2O2S/c23-18-9-7-16(8-10-18)21(26)24-12-15-4-3-11-25(13-15)22(27)20-19-6-2-1-5-17(19)14-28-20/h7-10,14-15H,1-6,11-13H2,(H,24,26)/t15-/m0/s1. The molecule has 1 fully saturated rings. The summed E-state index contributed by atoms with van der Waals surface area (Å²) in [5.41, 5.74) is 3.09. The first-order chi connectivity index (χ1) is 13.6. The molecule has 1 aromatic heterocycles. The fourth-order valence-corrected chi connectivity index (χ4v) is 5.32. The lowest BCUT2D eigenvalue weighted by molar-refractivity contribution is 0.0674. The maximum atomic E-state index is 13.1. The van der Waals surface area contributed by atoms with Gasteiger partial charge in [0.05, 0.1) is 4.88 Å². The van der Waals surface area contributed by atoms with Gasteiger partial charge in [-0.1, -0.05) is 0 Å². The van der Waals surface area contributed by atoms with Gasteiger partial charge in [-0.3, -0.25) is 9.59 Å². The SMILES string of the molecule is O=C(NC[C@@H]1CCCN(C(=O)c2scc3c2CCCC3)C1)c1ccc(F)cc1. The zero-order chi connectivity index (χ0) is 19.5. The molecular formula is C22H25FN2O2S. The van der Waals surface area contributed by atoms with Crippen molar-refractivity contribution in [1.29, 1.82) is 0 Å². The molecule has 1 atom stereocenters. The van der Waals surface area contributed by atoms with E-state index in [-0.39, 0.29) is 23.5 Å². The number of hydrogen-bond acceptors (Lipinski definition) is 3. The summed E-state index contributed by atoms with van der Waals surface area (Å²) in [4.78, 5) is 28.2. The predicted molar refractivity (Wildman–Crippen MR) is 108 cm³/mol. The van der Waals surface area contributed by atoms with E-state index in [1.165, 1.54) is 48.2 Å². The van der Waals surface area contributed by atoms with Crippen LogP contribution in [0.2, 0.25) is 0 Å². The molecule has 148 valence electrons. The molecular weight excluding hydrogens is 375 g/mol. The number of carbonyl (C=O) groups excluding carboxylic acids is 2. The molecule has 1 N–H and O–H groups in total. The van der Waals surface area contributed by atoms with Crippen LogP contribution in [0.4, 0.5) is 4.39 Å². The smallest absolute Gasteiger partial charge is 0.264 e. The Morgan fingerprint density at radius 2 is 1.93 bits per heavy atom. The molecule has 2 aliphatic rings. The molecule has 0 radical (unpaired) electrons. The number of nitrogens with zero attached hydrogens (tertiary/aromatic N) is 1. The van der Waals surface area contributed by atoms with Crippen molar-refractivity contribution >= 4 is 23.2 Å². The number of aryl methyl sites for hydroxylation is 1. The summed E-state index contributed by atoms with van der Waals surface area (Å²) in [5, 5.41) is 5.09. The fraction of sp³-hybridized carbons (Fsp3) is 0.455. The number of rotatable bonds is 4. The van der Waals surface area contributed by atoms with Crippen LogP contribution in [-0.2, 0) is 12.8 Å². The van der Waals surface area contributed by atoms with E-state index < -0.39 is 0 Å². The van der Waals surface area contributed by atoms with Crippen LogP contribution in [-0.4, -0.2) is 36.3 Å². The maximum absolute atomic E-state index is 13.1. The molecule has 0 saturated carbocycles. The summed E-state index contributed by atoms with van der Waals surface area (Å²) >= 11 is 1.59. The molecule has 4 rings (SSSR count). The van der Waals surface area contributed by atoms with Gasteiger partial charge in [-0.25, -0.2) is 4.39 Å². The van der Waals surface area contributed by atoms with E-state index >= 15 is 0 Å². The number of halogens is 1. The highest BCUT2D eigenvalue weighted by molar-refractivity contribution is 7.12. The van der Waals surface area contributed by atoms with Gasteiger partial charge in [0.2, 0.25) is 0 Å².